The Morgan fingerprint density at radius 1 is 1.33 bits per heavy atom. The molecular weight excluding hydrogens is 296 g/mol. The lowest BCUT2D eigenvalue weighted by atomic mass is 9.98. The lowest BCUT2D eigenvalue weighted by Crippen LogP contribution is -2.23. The second kappa shape index (κ2) is 6.85. The number of halogens is 1. The Morgan fingerprint density at radius 2 is 2.00 bits per heavy atom. The van der Waals surface area contributed by atoms with Crippen LogP contribution in [0.3, 0.4) is 0 Å². The molecule has 0 aromatic heterocycles. The summed E-state index contributed by atoms with van der Waals surface area (Å²) in [7, 11) is 0. The SMILES string of the molecule is CC(C)C(C)CNCc1cc(Br)cc([N+](=O)[O-])c1. The van der Waals surface area contributed by atoms with Crippen LogP contribution in [0, 0.1) is 22.0 Å². The number of nitrogens with one attached hydrogen (secondary N) is 1. The van der Waals surface area contributed by atoms with E-state index in [-0.39, 0.29) is 10.6 Å². The molecule has 18 heavy (non-hydrogen) atoms. The van der Waals surface area contributed by atoms with Crippen LogP contribution in [0.1, 0.15) is 26.3 Å². The minimum atomic E-state index is -0.370. The van der Waals surface area contributed by atoms with E-state index in [9.17, 15) is 10.1 Å². The minimum absolute atomic E-state index is 0.123. The first kappa shape index (κ1) is 15.1. The Hall–Kier alpha value is -0.940. The standard InChI is InChI=1S/C13H19BrN2O2/c1-9(2)10(3)7-15-8-11-4-12(14)6-13(5-11)16(17)18/h4-6,9-10,15H,7-8H2,1-3H3. The normalized spacial score (nSPS) is 12.7. The molecule has 1 atom stereocenters. The lowest BCUT2D eigenvalue weighted by Gasteiger charge is -2.16. The highest BCUT2D eigenvalue weighted by Gasteiger charge is 2.10. The average Bonchev–Trinajstić information content (AvgIpc) is 2.27. The summed E-state index contributed by atoms with van der Waals surface area (Å²) in [6.07, 6.45) is 0. The molecule has 0 amide bonds. The molecule has 0 saturated heterocycles. The van der Waals surface area contributed by atoms with Crippen molar-refractivity contribution in [2.45, 2.75) is 27.3 Å². The predicted octanol–water partition coefficient (Wildman–Crippen LogP) is 3.74. The molecule has 0 aliphatic carbocycles. The predicted molar refractivity (Wildman–Crippen MR) is 76.5 cm³/mol. The monoisotopic (exact) mass is 314 g/mol. The largest absolute Gasteiger partial charge is 0.312 e. The number of benzene rings is 1. The number of nitro benzene ring substituents is 1. The van der Waals surface area contributed by atoms with Crippen LogP contribution in [-0.4, -0.2) is 11.5 Å². The van der Waals surface area contributed by atoms with Crippen molar-refractivity contribution in [3.63, 3.8) is 0 Å². The van der Waals surface area contributed by atoms with Gasteiger partial charge in [0.05, 0.1) is 4.92 Å². The maximum Gasteiger partial charge on any atom is 0.270 e. The van der Waals surface area contributed by atoms with Gasteiger partial charge in [-0.2, -0.15) is 0 Å². The van der Waals surface area contributed by atoms with Crippen LogP contribution in [0.15, 0.2) is 22.7 Å². The summed E-state index contributed by atoms with van der Waals surface area (Å²) >= 11 is 3.29. The first-order valence-corrected chi connectivity index (χ1v) is 6.84. The Balaban J connectivity index is 2.60. The van der Waals surface area contributed by atoms with E-state index < -0.39 is 0 Å². The molecule has 0 saturated carbocycles. The molecule has 0 heterocycles. The van der Waals surface area contributed by atoms with Crippen molar-refractivity contribution in [3.05, 3.63) is 38.3 Å². The molecule has 5 heteroatoms. The highest BCUT2D eigenvalue weighted by atomic mass is 79.9. The van der Waals surface area contributed by atoms with Gasteiger partial charge in [-0.15, -0.1) is 0 Å². The van der Waals surface area contributed by atoms with E-state index in [1.165, 1.54) is 6.07 Å². The summed E-state index contributed by atoms with van der Waals surface area (Å²) in [6.45, 7) is 8.14. The molecule has 1 unspecified atom stereocenters. The van der Waals surface area contributed by atoms with Crippen LogP contribution in [0.2, 0.25) is 0 Å². The van der Waals surface area contributed by atoms with E-state index in [4.69, 9.17) is 0 Å². The summed E-state index contributed by atoms with van der Waals surface area (Å²) < 4.78 is 0.741. The Morgan fingerprint density at radius 3 is 2.56 bits per heavy atom. The lowest BCUT2D eigenvalue weighted by molar-refractivity contribution is -0.385. The maximum absolute atomic E-state index is 10.7. The zero-order chi connectivity index (χ0) is 13.7. The second-order valence-electron chi connectivity index (χ2n) is 4.93. The van der Waals surface area contributed by atoms with E-state index in [1.807, 2.05) is 6.07 Å². The molecule has 1 N–H and O–H groups in total. The molecule has 4 nitrogen and oxygen atoms in total. The number of non-ortho nitro benzene ring substituents is 1. The van der Waals surface area contributed by atoms with Crippen molar-refractivity contribution in [2.24, 2.45) is 11.8 Å². The van der Waals surface area contributed by atoms with Crippen LogP contribution in [0.5, 0.6) is 0 Å². The highest BCUT2D eigenvalue weighted by Crippen LogP contribution is 2.21. The zero-order valence-electron chi connectivity index (χ0n) is 10.9. The van der Waals surface area contributed by atoms with E-state index in [0.717, 1.165) is 16.6 Å². The van der Waals surface area contributed by atoms with Crippen LogP contribution in [0.4, 0.5) is 5.69 Å². The Bertz CT molecular complexity index is 421. The van der Waals surface area contributed by atoms with Gasteiger partial charge in [-0.1, -0.05) is 36.7 Å². The Labute approximate surface area is 116 Å². The Kier molecular flexibility index (Phi) is 5.75. The number of hydrogen-bond donors (Lipinski definition) is 1. The third-order valence-corrected chi connectivity index (χ3v) is 3.54. The highest BCUT2D eigenvalue weighted by molar-refractivity contribution is 9.10. The van der Waals surface area contributed by atoms with Crippen molar-refractivity contribution < 1.29 is 4.92 Å². The van der Waals surface area contributed by atoms with Crippen molar-refractivity contribution in [1.29, 1.82) is 0 Å². The summed E-state index contributed by atoms with van der Waals surface area (Å²) in [5.74, 6) is 1.22. The first-order chi connectivity index (χ1) is 8.40. The van der Waals surface area contributed by atoms with Crippen LogP contribution in [0.25, 0.3) is 0 Å². The molecule has 0 radical (unpaired) electrons. The molecule has 0 aliphatic rings. The second-order valence-corrected chi connectivity index (χ2v) is 5.84. The van der Waals surface area contributed by atoms with Gasteiger partial charge in [-0.05, 0) is 30.0 Å². The van der Waals surface area contributed by atoms with Gasteiger partial charge in [-0.3, -0.25) is 10.1 Å². The number of nitro groups is 1. The van der Waals surface area contributed by atoms with Crippen LogP contribution >= 0.6 is 15.9 Å². The van der Waals surface area contributed by atoms with Gasteiger partial charge < -0.3 is 5.32 Å². The van der Waals surface area contributed by atoms with Crippen molar-refractivity contribution in [2.75, 3.05) is 6.54 Å². The molecule has 100 valence electrons. The van der Waals surface area contributed by atoms with Gasteiger partial charge in [0, 0.05) is 23.2 Å². The van der Waals surface area contributed by atoms with Crippen molar-refractivity contribution >= 4 is 21.6 Å². The van der Waals surface area contributed by atoms with Crippen molar-refractivity contribution in [1.82, 2.24) is 5.32 Å². The van der Waals surface area contributed by atoms with Crippen molar-refractivity contribution in [3.8, 4) is 0 Å². The fourth-order valence-electron chi connectivity index (χ4n) is 1.52. The number of nitrogens with zero attached hydrogens (tertiary/aromatic N) is 1. The molecule has 1 rings (SSSR count). The van der Waals surface area contributed by atoms with Crippen LogP contribution < -0.4 is 5.32 Å². The van der Waals surface area contributed by atoms with Gasteiger partial charge >= 0.3 is 0 Å². The van der Waals surface area contributed by atoms with E-state index >= 15 is 0 Å². The molecular formula is C13H19BrN2O2. The molecule has 1 aromatic rings. The molecule has 0 fully saturated rings. The smallest absolute Gasteiger partial charge is 0.270 e. The first-order valence-electron chi connectivity index (χ1n) is 6.04. The van der Waals surface area contributed by atoms with Crippen LogP contribution in [-0.2, 0) is 6.54 Å². The van der Waals surface area contributed by atoms with E-state index in [1.54, 1.807) is 6.07 Å². The molecule has 1 aromatic carbocycles. The van der Waals surface area contributed by atoms with Gasteiger partial charge in [0.1, 0.15) is 0 Å². The third-order valence-electron chi connectivity index (χ3n) is 3.09. The fourth-order valence-corrected chi connectivity index (χ4v) is 2.05. The van der Waals surface area contributed by atoms with E-state index in [0.29, 0.717) is 18.4 Å². The number of hydrogen-bond acceptors (Lipinski definition) is 3. The summed E-state index contributed by atoms with van der Waals surface area (Å²) in [5.41, 5.74) is 1.05. The maximum atomic E-state index is 10.7. The number of rotatable bonds is 6. The third kappa shape index (κ3) is 4.74. The summed E-state index contributed by atoms with van der Waals surface area (Å²) in [5, 5.41) is 14.1. The zero-order valence-corrected chi connectivity index (χ0v) is 12.5. The molecule has 0 bridgehead atoms. The molecule has 0 aliphatic heterocycles. The quantitative estimate of drug-likeness (QED) is 0.643. The van der Waals surface area contributed by atoms with E-state index in [2.05, 4.69) is 42.0 Å². The topological polar surface area (TPSA) is 55.2 Å². The van der Waals surface area contributed by atoms with Gasteiger partial charge in [0.25, 0.3) is 5.69 Å². The average molecular weight is 315 g/mol. The van der Waals surface area contributed by atoms with Gasteiger partial charge in [-0.25, -0.2) is 0 Å². The summed E-state index contributed by atoms with van der Waals surface area (Å²) in [6, 6.07) is 5.03. The minimum Gasteiger partial charge on any atom is -0.312 e. The molecule has 0 spiro atoms. The van der Waals surface area contributed by atoms with Gasteiger partial charge in [0.15, 0.2) is 0 Å². The van der Waals surface area contributed by atoms with Gasteiger partial charge in [0.2, 0.25) is 0 Å². The fraction of sp³-hybridized carbons (Fsp3) is 0.538. The summed E-state index contributed by atoms with van der Waals surface area (Å²) in [4.78, 5) is 10.4.